The van der Waals surface area contributed by atoms with Crippen LogP contribution in [0.2, 0.25) is 0 Å². The van der Waals surface area contributed by atoms with Gasteiger partial charge in [0.25, 0.3) is 5.91 Å². The molecule has 0 saturated heterocycles. The fraction of sp³-hybridized carbons (Fsp3) is 0.389. The Morgan fingerprint density at radius 1 is 1.21 bits per heavy atom. The highest BCUT2D eigenvalue weighted by Crippen LogP contribution is 2.22. The molecule has 0 saturated carbocycles. The summed E-state index contributed by atoms with van der Waals surface area (Å²) in [6.07, 6.45) is -0.896. The van der Waals surface area contributed by atoms with E-state index in [2.05, 4.69) is 10.3 Å². The number of aryl methyl sites for hydroxylation is 1. The van der Waals surface area contributed by atoms with E-state index in [1.165, 1.54) is 6.92 Å². The number of rotatable bonds is 6. The van der Waals surface area contributed by atoms with Crippen molar-refractivity contribution in [2.45, 2.75) is 33.8 Å². The number of carbonyl (C=O) groups is 2. The molecule has 128 valence electrons. The van der Waals surface area contributed by atoms with Gasteiger partial charge in [0.2, 0.25) is 5.89 Å². The third kappa shape index (κ3) is 4.44. The molecule has 2 aromatic rings. The molecule has 24 heavy (non-hydrogen) atoms. The molecule has 0 fully saturated rings. The number of oxazole rings is 1. The molecule has 0 aliphatic heterocycles. The second kappa shape index (κ2) is 7.77. The second-order valence-corrected chi connectivity index (χ2v) is 5.98. The molecule has 0 aliphatic rings. The van der Waals surface area contributed by atoms with Crippen molar-refractivity contribution in [3.63, 3.8) is 0 Å². The van der Waals surface area contributed by atoms with E-state index in [9.17, 15) is 9.59 Å². The molecule has 0 aliphatic carbocycles. The van der Waals surface area contributed by atoms with Gasteiger partial charge in [-0.2, -0.15) is 0 Å². The van der Waals surface area contributed by atoms with Crippen molar-refractivity contribution in [2.24, 2.45) is 5.92 Å². The number of nitrogens with one attached hydrogen (secondary N) is 1. The van der Waals surface area contributed by atoms with E-state index >= 15 is 0 Å². The van der Waals surface area contributed by atoms with Gasteiger partial charge in [0.05, 0.1) is 0 Å². The molecule has 0 bridgehead atoms. The number of nitrogens with zero attached hydrogens (tertiary/aromatic N) is 1. The molecule has 0 unspecified atom stereocenters. The number of hydrogen-bond acceptors (Lipinski definition) is 5. The van der Waals surface area contributed by atoms with Gasteiger partial charge in [-0.25, -0.2) is 9.78 Å². The summed E-state index contributed by atoms with van der Waals surface area (Å²) in [5.41, 5.74) is 0.847. The van der Waals surface area contributed by atoms with Gasteiger partial charge in [0.15, 0.2) is 11.8 Å². The number of hydrogen-bond donors (Lipinski definition) is 1. The van der Waals surface area contributed by atoms with Crippen molar-refractivity contribution in [1.29, 1.82) is 0 Å². The lowest BCUT2D eigenvalue weighted by Gasteiger charge is -2.13. The molecule has 1 amide bonds. The van der Waals surface area contributed by atoms with Crippen LogP contribution in [0.25, 0.3) is 11.5 Å². The molecule has 0 spiro atoms. The van der Waals surface area contributed by atoms with Gasteiger partial charge >= 0.3 is 5.97 Å². The maximum absolute atomic E-state index is 12.2. The van der Waals surface area contributed by atoms with Crippen molar-refractivity contribution < 1.29 is 18.7 Å². The van der Waals surface area contributed by atoms with Crippen LogP contribution >= 0.6 is 0 Å². The molecule has 1 atom stereocenters. The molecule has 1 aromatic carbocycles. The topological polar surface area (TPSA) is 81.4 Å². The summed E-state index contributed by atoms with van der Waals surface area (Å²) < 4.78 is 10.7. The lowest BCUT2D eigenvalue weighted by Crippen LogP contribution is -2.37. The zero-order valence-corrected chi connectivity index (χ0v) is 14.3. The van der Waals surface area contributed by atoms with Crippen LogP contribution in [0.3, 0.4) is 0 Å². The third-order valence-corrected chi connectivity index (χ3v) is 3.35. The summed E-state index contributed by atoms with van der Waals surface area (Å²) in [5, 5.41) is 2.72. The Labute approximate surface area is 141 Å². The maximum Gasteiger partial charge on any atom is 0.361 e. The number of amides is 1. The van der Waals surface area contributed by atoms with Gasteiger partial charge in [0.1, 0.15) is 5.76 Å². The average molecular weight is 330 g/mol. The minimum Gasteiger partial charge on any atom is -0.448 e. The van der Waals surface area contributed by atoms with Crippen molar-refractivity contribution in [1.82, 2.24) is 10.3 Å². The minimum absolute atomic E-state index is 0.0809. The monoisotopic (exact) mass is 330 g/mol. The van der Waals surface area contributed by atoms with Gasteiger partial charge in [-0.1, -0.05) is 32.0 Å². The van der Waals surface area contributed by atoms with Gasteiger partial charge in [-0.05, 0) is 31.9 Å². The van der Waals surface area contributed by atoms with Crippen LogP contribution in [0.1, 0.15) is 37.0 Å². The summed E-state index contributed by atoms with van der Waals surface area (Å²) in [5.74, 6) is 0.0146. The molecule has 6 nitrogen and oxygen atoms in total. The van der Waals surface area contributed by atoms with E-state index in [0.29, 0.717) is 24.1 Å². The van der Waals surface area contributed by atoms with Crippen LogP contribution in [-0.4, -0.2) is 29.5 Å². The first-order valence-electron chi connectivity index (χ1n) is 7.90. The standard InChI is InChI=1S/C18H22N2O4/c1-11(2)10-19-16(21)13(4)24-18(22)15-12(3)23-17(20-15)14-8-6-5-7-9-14/h5-9,11,13H,10H2,1-4H3,(H,19,21)/t13-/m0/s1. The Morgan fingerprint density at radius 2 is 1.88 bits per heavy atom. The van der Waals surface area contributed by atoms with Crippen molar-refractivity contribution in [3.8, 4) is 11.5 Å². The van der Waals surface area contributed by atoms with Gasteiger partial charge in [-0.15, -0.1) is 0 Å². The SMILES string of the molecule is Cc1oc(-c2ccccc2)nc1C(=O)O[C@@H](C)C(=O)NCC(C)C. The minimum atomic E-state index is -0.896. The predicted octanol–water partition coefficient (Wildman–Crippen LogP) is 2.97. The van der Waals surface area contributed by atoms with E-state index in [-0.39, 0.29) is 11.6 Å². The molecule has 1 aromatic heterocycles. The van der Waals surface area contributed by atoms with Crippen LogP contribution in [0.15, 0.2) is 34.7 Å². The highest BCUT2D eigenvalue weighted by atomic mass is 16.5. The van der Waals surface area contributed by atoms with Crippen LogP contribution in [0, 0.1) is 12.8 Å². The zero-order valence-electron chi connectivity index (χ0n) is 14.3. The van der Waals surface area contributed by atoms with Crippen molar-refractivity contribution in [3.05, 3.63) is 41.8 Å². The number of benzene rings is 1. The van der Waals surface area contributed by atoms with Crippen molar-refractivity contribution >= 4 is 11.9 Å². The van der Waals surface area contributed by atoms with E-state index in [4.69, 9.17) is 9.15 Å². The largest absolute Gasteiger partial charge is 0.448 e. The Kier molecular flexibility index (Phi) is 5.73. The molecule has 0 radical (unpaired) electrons. The van der Waals surface area contributed by atoms with E-state index in [0.717, 1.165) is 5.56 Å². The van der Waals surface area contributed by atoms with E-state index in [1.54, 1.807) is 6.92 Å². The number of aromatic nitrogens is 1. The summed E-state index contributed by atoms with van der Waals surface area (Å²) in [6, 6.07) is 9.26. The van der Waals surface area contributed by atoms with Gasteiger partial charge < -0.3 is 14.5 Å². The molecular weight excluding hydrogens is 308 g/mol. The van der Waals surface area contributed by atoms with Crippen molar-refractivity contribution in [2.75, 3.05) is 6.54 Å². The fourth-order valence-electron chi connectivity index (χ4n) is 2.01. The van der Waals surface area contributed by atoms with Gasteiger partial charge in [-0.3, -0.25) is 4.79 Å². The smallest absolute Gasteiger partial charge is 0.361 e. The molecule has 2 rings (SSSR count). The number of carbonyl (C=O) groups excluding carboxylic acids is 2. The number of ether oxygens (including phenoxy) is 1. The summed E-state index contributed by atoms with van der Waals surface area (Å²) in [4.78, 5) is 28.3. The highest BCUT2D eigenvalue weighted by Gasteiger charge is 2.24. The molecule has 6 heteroatoms. The highest BCUT2D eigenvalue weighted by molar-refractivity contribution is 5.91. The van der Waals surface area contributed by atoms with Crippen LogP contribution in [0.5, 0.6) is 0 Å². The Balaban J connectivity index is 2.05. The maximum atomic E-state index is 12.2. The molecular formula is C18H22N2O4. The summed E-state index contributed by atoms with van der Waals surface area (Å²) >= 11 is 0. The molecule has 1 heterocycles. The van der Waals surface area contributed by atoms with Crippen LogP contribution in [-0.2, 0) is 9.53 Å². The normalized spacial score (nSPS) is 12.0. The first-order valence-corrected chi connectivity index (χ1v) is 7.90. The Hall–Kier alpha value is -2.63. The average Bonchev–Trinajstić information content (AvgIpc) is 2.95. The quantitative estimate of drug-likeness (QED) is 0.824. The third-order valence-electron chi connectivity index (χ3n) is 3.35. The first-order chi connectivity index (χ1) is 11.4. The predicted molar refractivity (Wildman–Crippen MR) is 89.4 cm³/mol. The summed E-state index contributed by atoms with van der Waals surface area (Å²) in [7, 11) is 0. The summed E-state index contributed by atoms with van der Waals surface area (Å²) in [6.45, 7) is 7.67. The second-order valence-electron chi connectivity index (χ2n) is 5.98. The first kappa shape index (κ1) is 17.7. The number of esters is 1. The van der Waals surface area contributed by atoms with Crippen LogP contribution < -0.4 is 5.32 Å². The zero-order chi connectivity index (χ0) is 17.7. The molecule has 1 N–H and O–H groups in total. The Bertz CT molecular complexity index is 707. The Morgan fingerprint density at radius 3 is 2.50 bits per heavy atom. The lowest BCUT2D eigenvalue weighted by molar-refractivity contribution is -0.129. The lowest BCUT2D eigenvalue weighted by atomic mass is 10.2. The van der Waals surface area contributed by atoms with Gasteiger partial charge in [0, 0.05) is 12.1 Å². The van der Waals surface area contributed by atoms with E-state index < -0.39 is 12.1 Å². The fourth-order valence-corrected chi connectivity index (χ4v) is 2.01. The van der Waals surface area contributed by atoms with E-state index in [1.807, 2.05) is 44.2 Å². The van der Waals surface area contributed by atoms with Crippen LogP contribution in [0.4, 0.5) is 0 Å².